The van der Waals surface area contributed by atoms with Gasteiger partial charge in [-0.25, -0.2) is 0 Å². The third kappa shape index (κ3) is 2.45. The summed E-state index contributed by atoms with van der Waals surface area (Å²) in [6.45, 7) is 2.46. The Kier molecular flexibility index (Phi) is 3.67. The summed E-state index contributed by atoms with van der Waals surface area (Å²) in [4.78, 5) is 2.64. The molecule has 0 saturated carbocycles. The number of hydrogen-bond acceptors (Lipinski definition) is 2. The number of hydrogen-bond donors (Lipinski definition) is 1. The lowest BCUT2D eigenvalue weighted by molar-refractivity contribution is 0.0155. The van der Waals surface area contributed by atoms with Gasteiger partial charge < -0.3 is 10.0 Å². The maximum absolute atomic E-state index is 10.5. The Morgan fingerprint density at radius 3 is 2.72 bits per heavy atom. The molecule has 2 heterocycles. The monoisotopic (exact) mass is 245 g/mol. The van der Waals surface area contributed by atoms with Crippen LogP contribution in [0.25, 0.3) is 0 Å². The molecule has 0 amide bonds. The number of aliphatic hydroxyl groups excluding tert-OH is 1. The fourth-order valence-electron chi connectivity index (χ4n) is 3.63. The second-order valence-electron chi connectivity index (χ2n) is 5.83. The molecule has 0 spiro atoms. The first-order valence-electron chi connectivity index (χ1n) is 7.31. The molecule has 2 aliphatic rings. The largest absolute Gasteiger partial charge is 0.388 e. The van der Waals surface area contributed by atoms with Gasteiger partial charge in [0.2, 0.25) is 0 Å². The maximum atomic E-state index is 10.5. The van der Waals surface area contributed by atoms with Crippen molar-refractivity contribution < 1.29 is 5.11 Å². The van der Waals surface area contributed by atoms with Crippen molar-refractivity contribution in [1.82, 2.24) is 4.90 Å². The minimum atomic E-state index is -0.268. The van der Waals surface area contributed by atoms with E-state index in [9.17, 15) is 5.11 Å². The number of nitrogens with zero attached hydrogens (tertiary/aromatic N) is 1. The van der Waals surface area contributed by atoms with Gasteiger partial charge in [-0.05, 0) is 50.3 Å². The Balaban J connectivity index is 1.67. The van der Waals surface area contributed by atoms with Crippen molar-refractivity contribution in [3.8, 4) is 0 Å². The Hall–Kier alpha value is -0.860. The van der Waals surface area contributed by atoms with Crippen molar-refractivity contribution in [3.63, 3.8) is 0 Å². The third-order valence-corrected chi connectivity index (χ3v) is 4.70. The first-order valence-corrected chi connectivity index (χ1v) is 7.31. The van der Waals surface area contributed by atoms with E-state index in [0.717, 1.165) is 18.0 Å². The van der Waals surface area contributed by atoms with Crippen LogP contribution >= 0.6 is 0 Å². The SMILES string of the molecule is O[C@H](c1ccccc1)[C@H]1CCN2CCCC[C@H]2C1. The van der Waals surface area contributed by atoms with Crippen LogP contribution in [0.2, 0.25) is 0 Å². The number of aliphatic hydroxyl groups is 1. The Labute approximate surface area is 110 Å². The van der Waals surface area contributed by atoms with Crippen LogP contribution in [0.1, 0.15) is 43.8 Å². The standard InChI is InChI=1S/C16H23NO/c18-16(13-6-2-1-3-7-13)14-9-11-17-10-5-4-8-15(17)12-14/h1-3,6-7,14-16,18H,4-5,8-12H2/t14-,15-,16+/m0/s1. The van der Waals surface area contributed by atoms with E-state index in [1.54, 1.807) is 0 Å². The molecular weight excluding hydrogens is 222 g/mol. The maximum Gasteiger partial charge on any atom is 0.0819 e. The molecule has 2 heteroatoms. The molecule has 98 valence electrons. The van der Waals surface area contributed by atoms with E-state index in [1.807, 2.05) is 18.2 Å². The van der Waals surface area contributed by atoms with Gasteiger partial charge in [-0.2, -0.15) is 0 Å². The van der Waals surface area contributed by atoms with Gasteiger partial charge in [-0.3, -0.25) is 0 Å². The average molecular weight is 245 g/mol. The van der Waals surface area contributed by atoms with Gasteiger partial charge in [-0.1, -0.05) is 36.8 Å². The van der Waals surface area contributed by atoms with Crippen LogP contribution < -0.4 is 0 Å². The van der Waals surface area contributed by atoms with Gasteiger partial charge >= 0.3 is 0 Å². The molecule has 2 nitrogen and oxygen atoms in total. The summed E-state index contributed by atoms with van der Waals surface area (Å²) < 4.78 is 0. The van der Waals surface area contributed by atoms with Crippen LogP contribution in [0.4, 0.5) is 0 Å². The zero-order valence-corrected chi connectivity index (χ0v) is 11.0. The van der Waals surface area contributed by atoms with Crippen LogP contribution in [-0.4, -0.2) is 29.1 Å². The highest BCUT2D eigenvalue weighted by molar-refractivity contribution is 5.18. The van der Waals surface area contributed by atoms with Crippen LogP contribution in [0, 0.1) is 5.92 Å². The van der Waals surface area contributed by atoms with Crippen molar-refractivity contribution >= 4 is 0 Å². The highest BCUT2D eigenvalue weighted by atomic mass is 16.3. The van der Waals surface area contributed by atoms with E-state index in [2.05, 4.69) is 17.0 Å². The minimum Gasteiger partial charge on any atom is -0.388 e. The molecule has 18 heavy (non-hydrogen) atoms. The summed E-state index contributed by atoms with van der Waals surface area (Å²) in [6.07, 6.45) is 6.12. The van der Waals surface area contributed by atoms with E-state index in [1.165, 1.54) is 38.8 Å². The summed E-state index contributed by atoms with van der Waals surface area (Å²) in [5.41, 5.74) is 1.09. The third-order valence-electron chi connectivity index (χ3n) is 4.70. The predicted molar refractivity (Wildman–Crippen MR) is 73.3 cm³/mol. The quantitative estimate of drug-likeness (QED) is 0.866. The lowest BCUT2D eigenvalue weighted by atomic mass is 9.81. The Morgan fingerprint density at radius 2 is 1.89 bits per heavy atom. The van der Waals surface area contributed by atoms with E-state index < -0.39 is 0 Å². The molecule has 1 aromatic carbocycles. The minimum absolute atomic E-state index is 0.268. The normalized spacial score (nSPS) is 30.7. The van der Waals surface area contributed by atoms with E-state index >= 15 is 0 Å². The van der Waals surface area contributed by atoms with Crippen LogP contribution in [-0.2, 0) is 0 Å². The molecule has 3 rings (SSSR count). The summed E-state index contributed by atoms with van der Waals surface area (Å²) in [6, 6.07) is 10.9. The highest BCUT2D eigenvalue weighted by Gasteiger charge is 2.33. The summed E-state index contributed by atoms with van der Waals surface area (Å²) >= 11 is 0. The van der Waals surface area contributed by atoms with Crippen molar-refractivity contribution in [1.29, 1.82) is 0 Å². The fourth-order valence-corrected chi connectivity index (χ4v) is 3.63. The lowest BCUT2D eigenvalue weighted by Gasteiger charge is -2.43. The van der Waals surface area contributed by atoms with Gasteiger partial charge in [0.1, 0.15) is 0 Å². The van der Waals surface area contributed by atoms with Crippen LogP contribution in [0.5, 0.6) is 0 Å². The van der Waals surface area contributed by atoms with Gasteiger partial charge in [0, 0.05) is 6.04 Å². The van der Waals surface area contributed by atoms with Gasteiger partial charge in [0.05, 0.1) is 6.10 Å². The molecule has 0 aliphatic carbocycles. The molecule has 0 radical (unpaired) electrons. The molecule has 2 aliphatic heterocycles. The van der Waals surface area contributed by atoms with Gasteiger partial charge in [0.25, 0.3) is 0 Å². The molecule has 0 unspecified atom stereocenters. The second-order valence-corrected chi connectivity index (χ2v) is 5.83. The number of piperidine rings is 2. The fraction of sp³-hybridized carbons (Fsp3) is 0.625. The van der Waals surface area contributed by atoms with E-state index in [0.29, 0.717) is 5.92 Å². The van der Waals surface area contributed by atoms with Crippen LogP contribution in [0.3, 0.4) is 0 Å². The molecule has 2 saturated heterocycles. The Bertz CT molecular complexity index is 378. The smallest absolute Gasteiger partial charge is 0.0819 e. The molecular formula is C16H23NO. The summed E-state index contributed by atoms with van der Waals surface area (Å²) in [5, 5.41) is 10.5. The van der Waals surface area contributed by atoms with E-state index in [-0.39, 0.29) is 6.10 Å². The molecule has 0 aromatic heterocycles. The van der Waals surface area contributed by atoms with Crippen LogP contribution in [0.15, 0.2) is 30.3 Å². The number of benzene rings is 1. The van der Waals surface area contributed by atoms with Crippen molar-refractivity contribution in [2.45, 2.75) is 44.2 Å². The van der Waals surface area contributed by atoms with Crippen molar-refractivity contribution in [2.75, 3.05) is 13.1 Å². The highest BCUT2D eigenvalue weighted by Crippen LogP contribution is 2.36. The Morgan fingerprint density at radius 1 is 1.06 bits per heavy atom. The van der Waals surface area contributed by atoms with Gasteiger partial charge in [0.15, 0.2) is 0 Å². The molecule has 1 N–H and O–H groups in total. The molecule has 2 fully saturated rings. The number of fused-ring (bicyclic) bond motifs is 1. The first kappa shape index (κ1) is 12.2. The molecule has 1 aromatic rings. The zero-order chi connectivity index (χ0) is 12.4. The van der Waals surface area contributed by atoms with Gasteiger partial charge in [-0.15, -0.1) is 0 Å². The van der Waals surface area contributed by atoms with Crippen molar-refractivity contribution in [3.05, 3.63) is 35.9 Å². The topological polar surface area (TPSA) is 23.5 Å². The second kappa shape index (κ2) is 5.41. The van der Waals surface area contributed by atoms with Crippen molar-refractivity contribution in [2.24, 2.45) is 5.92 Å². The predicted octanol–water partition coefficient (Wildman–Crippen LogP) is 2.98. The van der Waals surface area contributed by atoms with E-state index in [4.69, 9.17) is 0 Å². The summed E-state index contributed by atoms with van der Waals surface area (Å²) in [5.74, 6) is 0.451. The molecule has 3 atom stereocenters. The number of rotatable bonds is 2. The first-order chi connectivity index (χ1) is 8.84. The average Bonchev–Trinajstić information content (AvgIpc) is 2.47. The molecule has 0 bridgehead atoms. The summed E-state index contributed by atoms with van der Waals surface area (Å²) in [7, 11) is 0. The zero-order valence-electron chi connectivity index (χ0n) is 11.0. The lowest BCUT2D eigenvalue weighted by Crippen LogP contribution is -2.46.